The summed E-state index contributed by atoms with van der Waals surface area (Å²) in [5.41, 5.74) is 1.09. The Morgan fingerprint density at radius 2 is 2.00 bits per heavy atom. The Kier molecular flexibility index (Phi) is 3.65. The Morgan fingerprint density at radius 1 is 1.26 bits per heavy atom. The first-order chi connectivity index (χ1) is 11.0. The van der Waals surface area contributed by atoms with Gasteiger partial charge in [0, 0.05) is 4.88 Å². The van der Waals surface area contributed by atoms with Crippen LogP contribution in [0.2, 0.25) is 0 Å². The third-order valence-electron chi connectivity index (χ3n) is 5.28. The molecule has 2 saturated heterocycles. The van der Waals surface area contributed by atoms with Crippen LogP contribution in [-0.4, -0.2) is 34.2 Å². The van der Waals surface area contributed by atoms with E-state index < -0.39 is 17.8 Å². The zero-order chi connectivity index (χ0) is 16.1. The largest absolute Gasteiger partial charge is 0.481 e. The number of aliphatic carboxylic acids is 1. The second kappa shape index (κ2) is 5.56. The van der Waals surface area contributed by atoms with E-state index >= 15 is 0 Å². The van der Waals surface area contributed by atoms with Gasteiger partial charge in [-0.2, -0.15) is 0 Å². The maximum absolute atomic E-state index is 12.6. The topological polar surface area (TPSA) is 88.5 Å². The lowest BCUT2D eigenvalue weighted by Crippen LogP contribution is -2.40. The molecule has 2 bridgehead atoms. The van der Waals surface area contributed by atoms with Crippen LogP contribution in [0.4, 0.5) is 5.13 Å². The molecule has 2 N–H and O–H groups in total. The number of carboxylic acid groups (broad SMARTS) is 1. The average molecular weight is 336 g/mol. The predicted octanol–water partition coefficient (Wildman–Crippen LogP) is 2.08. The summed E-state index contributed by atoms with van der Waals surface area (Å²) >= 11 is 1.52. The van der Waals surface area contributed by atoms with E-state index in [9.17, 15) is 14.7 Å². The van der Waals surface area contributed by atoms with Crippen LogP contribution >= 0.6 is 11.3 Å². The summed E-state index contributed by atoms with van der Waals surface area (Å²) in [6, 6.07) is 0. The molecule has 1 aromatic heterocycles. The molecule has 7 heteroatoms. The van der Waals surface area contributed by atoms with Crippen molar-refractivity contribution in [2.45, 2.75) is 51.2 Å². The standard InChI is InChI=1S/C16H20N2O4S/c1-7-2-3-8-11(6-7)23-16(17-8)18-14(19)12-9-4-5-10(22-9)13(12)15(20)21/h7,9-10,12-13H,2-6H2,1H3,(H,20,21)(H,17,18,19)/t7-,9-,10-,12-,13-/m1/s1. The minimum atomic E-state index is -0.940. The maximum atomic E-state index is 12.6. The number of aromatic nitrogens is 1. The van der Waals surface area contributed by atoms with Crippen molar-refractivity contribution in [3.8, 4) is 0 Å². The van der Waals surface area contributed by atoms with Crippen LogP contribution in [0.15, 0.2) is 0 Å². The Morgan fingerprint density at radius 3 is 2.74 bits per heavy atom. The van der Waals surface area contributed by atoms with Gasteiger partial charge in [-0.3, -0.25) is 9.59 Å². The van der Waals surface area contributed by atoms with E-state index in [-0.39, 0.29) is 18.1 Å². The summed E-state index contributed by atoms with van der Waals surface area (Å²) in [5, 5.41) is 12.9. The number of hydrogen-bond donors (Lipinski definition) is 2. The molecule has 4 rings (SSSR count). The molecule has 2 fully saturated rings. The van der Waals surface area contributed by atoms with Gasteiger partial charge in [-0.15, -0.1) is 11.3 Å². The Labute approximate surface area is 138 Å². The van der Waals surface area contributed by atoms with Gasteiger partial charge < -0.3 is 15.2 Å². The molecule has 1 aromatic rings. The molecule has 1 aliphatic carbocycles. The van der Waals surface area contributed by atoms with Crippen LogP contribution in [0.1, 0.15) is 36.8 Å². The Hall–Kier alpha value is -1.47. The first kappa shape index (κ1) is 15.1. The summed E-state index contributed by atoms with van der Waals surface area (Å²) < 4.78 is 5.65. The average Bonchev–Trinajstić information content (AvgIpc) is 3.18. The van der Waals surface area contributed by atoms with Crippen molar-refractivity contribution >= 4 is 28.3 Å². The van der Waals surface area contributed by atoms with Gasteiger partial charge in [0.05, 0.1) is 29.7 Å². The summed E-state index contributed by atoms with van der Waals surface area (Å²) in [7, 11) is 0. The summed E-state index contributed by atoms with van der Waals surface area (Å²) in [4.78, 5) is 29.9. The lowest BCUT2D eigenvalue weighted by Gasteiger charge is -2.23. The van der Waals surface area contributed by atoms with Gasteiger partial charge >= 0.3 is 5.97 Å². The van der Waals surface area contributed by atoms with Gasteiger partial charge in [-0.25, -0.2) is 4.98 Å². The van der Waals surface area contributed by atoms with E-state index in [2.05, 4.69) is 17.2 Å². The first-order valence-corrected chi connectivity index (χ1v) is 9.02. The third-order valence-corrected chi connectivity index (χ3v) is 6.31. The van der Waals surface area contributed by atoms with E-state index in [0.29, 0.717) is 11.0 Å². The number of anilines is 1. The van der Waals surface area contributed by atoms with Crippen LogP contribution in [0, 0.1) is 17.8 Å². The van der Waals surface area contributed by atoms with Crippen molar-refractivity contribution in [1.82, 2.24) is 4.98 Å². The minimum absolute atomic E-state index is 0.260. The molecule has 0 spiro atoms. The fourth-order valence-corrected chi connectivity index (χ4v) is 5.28. The number of aryl methyl sites for hydroxylation is 1. The highest BCUT2D eigenvalue weighted by Gasteiger charge is 2.55. The smallest absolute Gasteiger partial charge is 0.310 e. The molecule has 124 valence electrons. The molecule has 3 heterocycles. The van der Waals surface area contributed by atoms with Crippen molar-refractivity contribution in [3.05, 3.63) is 10.6 Å². The summed E-state index contributed by atoms with van der Waals surface area (Å²) in [6.07, 6.45) is 4.00. The van der Waals surface area contributed by atoms with Gasteiger partial charge in [0.15, 0.2) is 5.13 Å². The van der Waals surface area contributed by atoms with Gasteiger partial charge in [0.25, 0.3) is 0 Å². The number of carbonyl (C=O) groups is 2. The molecule has 5 atom stereocenters. The SMILES string of the molecule is C[C@@H]1CCc2nc(NC(=O)[C@H]3[C@H](C(=O)O)[C@H]4CC[C@H]3O4)sc2C1. The van der Waals surface area contributed by atoms with Crippen LogP contribution < -0.4 is 5.32 Å². The Bertz CT molecular complexity index is 659. The van der Waals surface area contributed by atoms with E-state index in [4.69, 9.17) is 4.74 Å². The van der Waals surface area contributed by atoms with Crippen LogP contribution in [0.5, 0.6) is 0 Å². The molecule has 3 aliphatic rings. The highest BCUT2D eigenvalue weighted by atomic mass is 32.1. The molecule has 0 unspecified atom stereocenters. The van der Waals surface area contributed by atoms with Gasteiger partial charge in [-0.05, 0) is 38.0 Å². The van der Waals surface area contributed by atoms with Crippen molar-refractivity contribution in [1.29, 1.82) is 0 Å². The lowest BCUT2D eigenvalue weighted by molar-refractivity contribution is -0.147. The molecule has 23 heavy (non-hydrogen) atoms. The predicted molar refractivity (Wildman–Crippen MR) is 84.4 cm³/mol. The molecule has 0 aromatic carbocycles. The second-order valence-electron chi connectivity index (χ2n) is 6.91. The normalized spacial score (nSPS) is 35.1. The molecular formula is C16H20N2O4S. The maximum Gasteiger partial charge on any atom is 0.310 e. The quantitative estimate of drug-likeness (QED) is 0.882. The lowest BCUT2D eigenvalue weighted by atomic mass is 9.79. The molecule has 0 radical (unpaired) electrons. The van der Waals surface area contributed by atoms with E-state index in [0.717, 1.165) is 37.8 Å². The number of rotatable bonds is 3. The molecule has 6 nitrogen and oxygen atoms in total. The number of ether oxygens (including phenoxy) is 1. The third kappa shape index (κ3) is 2.55. The zero-order valence-electron chi connectivity index (χ0n) is 12.9. The van der Waals surface area contributed by atoms with Crippen molar-refractivity contribution in [2.75, 3.05) is 5.32 Å². The molecule has 1 amide bonds. The molecule has 2 aliphatic heterocycles. The van der Waals surface area contributed by atoms with Crippen molar-refractivity contribution in [2.24, 2.45) is 17.8 Å². The van der Waals surface area contributed by atoms with Gasteiger partial charge in [0.1, 0.15) is 0 Å². The number of nitrogens with zero attached hydrogens (tertiary/aromatic N) is 1. The van der Waals surface area contributed by atoms with Crippen molar-refractivity contribution in [3.63, 3.8) is 0 Å². The monoisotopic (exact) mass is 336 g/mol. The summed E-state index contributed by atoms with van der Waals surface area (Å²) in [5.74, 6) is -1.88. The number of thiazole rings is 1. The van der Waals surface area contributed by atoms with E-state index in [1.807, 2.05) is 0 Å². The highest BCUT2D eigenvalue weighted by Crippen LogP contribution is 2.44. The van der Waals surface area contributed by atoms with Crippen molar-refractivity contribution < 1.29 is 19.4 Å². The summed E-state index contributed by atoms with van der Waals surface area (Å²) in [6.45, 7) is 2.23. The second-order valence-corrected chi connectivity index (χ2v) is 7.99. The van der Waals surface area contributed by atoms with Gasteiger partial charge in [-0.1, -0.05) is 6.92 Å². The fourth-order valence-electron chi connectivity index (χ4n) is 4.11. The van der Waals surface area contributed by atoms with E-state index in [1.165, 1.54) is 16.2 Å². The van der Waals surface area contributed by atoms with Gasteiger partial charge in [0.2, 0.25) is 5.91 Å². The number of amides is 1. The number of carbonyl (C=O) groups excluding carboxylic acids is 1. The number of nitrogens with one attached hydrogen (secondary N) is 1. The number of carboxylic acids is 1. The molecular weight excluding hydrogens is 316 g/mol. The fraction of sp³-hybridized carbons (Fsp3) is 0.688. The minimum Gasteiger partial charge on any atom is -0.481 e. The highest BCUT2D eigenvalue weighted by molar-refractivity contribution is 7.15. The Balaban J connectivity index is 1.51. The number of hydrogen-bond acceptors (Lipinski definition) is 5. The molecule has 0 saturated carbocycles. The van der Waals surface area contributed by atoms with Crippen LogP contribution in [-0.2, 0) is 27.2 Å². The zero-order valence-corrected chi connectivity index (χ0v) is 13.8. The number of fused-ring (bicyclic) bond motifs is 3. The van der Waals surface area contributed by atoms with Crippen LogP contribution in [0.3, 0.4) is 0 Å². The first-order valence-electron chi connectivity index (χ1n) is 8.20. The van der Waals surface area contributed by atoms with Crippen LogP contribution in [0.25, 0.3) is 0 Å². The van der Waals surface area contributed by atoms with E-state index in [1.54, 1.807) is 0 Å².